The first-order chi connectivity index (χ1) is 30.1. The Morgan fingerprint density at radius 1 is 0.492 bits per heavy atom. The fourth-order valence-electron chi connectivity index (χ4n) is 9.73. The first-order valence-electron chi connectivity index (χ1n) is 23.4. The first kappa shape index (κ1) is 44.7. The van der Waals surface area contributed by atoms with Crippen molar-refractivity contribution in [2.45, 2.75) is 149 Å². The Bertz CT molecular complexity index is 2460. The molecule has 0 fully saturated rings. The third-order valence-corrected chi connectivity index (χ3v) is 12.9. The van der Waals surface area contributed by atoms with Gasteiger partial charge in [-0.2, -0.15) is 21.0 Å². The maximum absolute atomic E-state index is 9.45. The molecule has 5 nitrogen and oxygen atoms in total. The van der Waals surface area contributed by atoms with Crippen LogP contribution in [-0.2, 0) is 6.54 Å². The summed E-state index contributed by atoms with van der Waals surface area (Å²) in [5, 5.41) is 47.6. The van der Waals surface area contributed by atoms with Crippen LogP contribution in [-0.4, -0.2) is 4.57 Å². The minimum Gasteiger partial charge on any atom is -0.340 e. The monoisotopic (exact) mass is 806 g/mol. The lowest BCUT2D eigenvalue weighted by Gasteiger charge is -2.20. The van der Waals surface area contributed by atoms with Crippen molar-refractivity contribution >= 4 is 66.3 Å². The lowest BCUT2D eigenvalue weighted by atomic mass is 9.87. The molecule has 0 N–H and O–H groups in total. The van der Waals surface area contributed by atoms with Gasteiger partial charge in [0, 0.05) is 28.1 Å². The predicted molar refractivity (Wildman–Crippen MR) is 258 cm³/mol. The lowest BCUT2D eigenvalue weighted by Crippen LogP contribution is -2.11. The summed E-state index contributed by atoms with van der Waals surface area (Å²) < 4.78 is 2.61. The summed E-state index contributed by atoms with van der Waals surface area (Å²) in [6.07, 6.45) is 37.3. The van der Waals surface area contributed by atoms with E-state index in [9.17, 15) is 21.0 Å². The molecule has 1 aromatic heterocycles. The van der Waals surface area contributed by atoms with Crippen molar-refractivity contribution in [2.75, 3.05) is 0 Å². The number of rotatable bonds is 26. The van der Waals surface area contributed by atoms with Gasteiger partial charge in [-0.15, -0.1) is 0 Å². The second-order valence-corrected chi connectivity index (χ2v) is 17.2. The summed E-state index contributed by atoms with van der Waals surface area (Å²) in [6, 6.07) is 25.8. The fourth-order valence-corrected chi connectivity index (χ4v) is 9.73. The zero-order valence-electron chi connectivity index (χ0n) is 36.7. The zero-order chi connectivity index (χ0) is 42.8. The van der Waals surface area contributed by atoms with Gasteiger partial charge in [0.25, 0.3) is 0 Å². The van der Waals surface area contributed by atoms with Crippen molar-refractivity contribution in [2.24, 2.45) is 5.92 Å². The molecule has 6 rings (SSSR count). The molecule has 0 amide bonds. The van der Waals surface area contributed by atoms with Crippen molar-refractivity contribution in [3.63, 3.8) is 0 Å². The van der Waals surface area contributed by atoms with E-state index >= 15 is 0 Å². The minimum atomic E-state index is 0.0803. The summed E-state index contributed by atoms with van der Waals surface area (Å²) >= 11 is 0. The molecular formula is C56H63N5. The van der Waals surface area contributed by atoms with Gasteiger partial charge in [0.2, 0.25) is 0 Å². The van der Waals surface area contributed by atoms with Crippen LogP contribution in [0.2, 0.25) is 0 Å². The van der Waals surface area contributed by atoms with E-state index in [1.54, 1.807) is 12.2 Å². The van der Waals surface area contributed by atoms with Crippen LogP contribution in [0.4, 0.5) is 0 Å². The van der Waals surface area contributed by atoms with Crippen molar-refractivity contribution in [3.05, 3.63) is 95.1 Å². The van der Waals surface area contributed by atoms with Crippen molar-refractivity contribution < 1.29 is 0 Å². The molecule has 0 bridgehead atoms. The molecule has 0 saturated carbocycles. The predicted octanol–water partition coefficient (Wildman–Crippen LogP) is 16.6. The normalized spacial score (nSPS) is 12.2. The highest BCUT2D eigenvalue weighted by atomic mass is 15.0. The fraction of sp³-hybridized carbons (Fsp3) is 0.429. The SMILES string of the molecule is CCCCCCCCCCCCC(CCCCCCCCCC)Cn1c2cc(/C=C/C=C(C#N)C#N)c3cccc4c5cccc6c(/C=C/C=C(C#N)C#N)cc1c(c65)c2c34. The molecule has 1 atom stereocenters. The highest BCUT2D eigenvalue weighted by Crippen LogP contribution is 2.48. The third kappa shape index (κ3) is 10.9. The highest BCUT2D eigenvalue weighted by Gasteiger charge is 2.25. The van der Waals surface area contributed by atoms with Gasteiger partial charge in [-0.1, -0.05) is 190 Å². The number of nitrogens with zero attached hydrogens (tertiary/aromatic N) is 5. The Hall–Kier alpha value is -5.88. The van der Waals surface area contributed by atoms with Gasteiger partial charge in [-0.25, -0.2) is 0 Å². The molecule has 0 saturated heterocycles. The summed E-state index contributed by atoms with van der Waals surface area (Å²) in [5.41, 5.74) is 4.73. The lowest BCUT2D eigenvalue weighted by molar-refractivity contribution is 0.364. The number of benzene rings is 5. The summed E-state index contributed by atoms with van der Waals surface area (Å²) in [7, 11) is 0. The average Bonchev–Trinajstić information content (AvgIpc) is 3.60. The van der Waals surface area contributed by atoms with Gasteiger partial charge >= 0.3 is 0 Å². The smallest absolute Gasteiger partial charge is 0.129 e. The molecule has 61 heavy (non-hydrogen) atoms. The quantitative estimate of drug-likeness (QED) is 0.0179. The third-order valence-electron chi connectivity index (χ3n) is 12.9. The average molecular weight is 806 g/mol. The Labute approximate surface area is 364 Å². The van der Waals surface area contributed by atoms with Crippen LogP contribution in [0.3, 0.4) is 0 Å². The standard InChI is InChI=1S/C56H63N5/c1-3-5-7-9-11-13-14-16-18-20-26-42(25-19-17-15-12-10-8-6-4-2)41-61-51-35-45(29-21-27-43(37-57)38-58)47-31-23-33-49-50-34-24-32-48-46(30-22-28-44(39-59)40-60)36-52(61)56(54(48)50)55(51)53(47)49/h21-24,27-36,42H,3-20,25-26,41H2,1-2H3/b29-21+,30-22+. The van der Waals surface area contributed by atoms with Crippen LogP contribution in [0.25, 0.3) is 66.3 Å². The van der Waals surface area contributed by atoms with Gasteiger partial charge < -0.3 is 4.57 Å². The van der Waals surface area contributed by atoms with E-state index in [0.29, 0.717) is 5.92 Å². The molecule has 1 unspecified atom stereocenters. The van der Waals surface area contributed by atoms with E-state index in [2.05, 4.69) is 79.1 Å². The maximum atomic E-state index is 9.45. The topological polar surface area (TPSA) is 100 Å². The summed E-state index contributed by atoms with van der Waals surface area (Å²) in [5.74, 6) is 0.539. The molecule has 6 aromatic rings. The van der Waals surface area contributed by atoms with E-state index in [1.807, 2.05) is 36.4 Å². The molecule has 0 spiro atoms. The van der Waals surface area contributed by atoms with Crippen LogP contribution in [0.5, 0.6) is 0 Å². The molecule has 5 heteroatoms. The Morgan fingerprint density at radius 2 is 0.852 bits per heavy atom. The van der Waals surface area contributed by atoms with Crippen LogP contribution in [0.15, 0.2) is 84.0 Å². The van der Waals surface area contributed by atoms with Gasteiger partial charge in [-0.05, 0) is 75.7 Å². The number of unbranched alkanes of at least 4 members (excludes halogenated alkanes) is 16. The molecule has 0 aliphatic carbocycles. The number of allylic oxidation sites excluding steroid dienone is 6. The van der Waals surface area contributed by atoms with E-state index in [0.717, 1.165) is 28.4 Å². The van der Waals surface area contributed by atoms with Crippen LogP contribution in [0, 0.1) is 51.2 Å². The van der Waals surface area contributed by atoms with Crippen LogP contribution < -0.4 is 0 Å². The van der Waals surface area contributed by atoms with E-state index in [4.69, 9.17) is 0 Å². The molecule has 0 aliphatic rings. The van der Waals surface area contributed by atoms with E-state index in [-0.39, 0.29) is 11.1 Å². The number of fused-ring (bicyclic) bond motifs is 1. The summed E-state index contributed by atoms with van der Waals surface area (Å²) in [6.45, 7) is 5.50. The molecule has 0 radical (unpaired) electrons. The summed E-state index contributed by atoms with van der Waals surface area (Å²) in [4.78, 5) is 0. The van der Waals surface area contributed by atoms with Gasteiger partial charge in [0.15, 0.2) is 0 Å². The van der Waals surface area contributed by atoms with Crippen molar-refractivity contribution in [1.29, 1.82) is 21.0 Å². The second kappa shape index (κ2) is 23.2. The maximum Gasteiger partial charge on any atom is 0.129 e. The largest absolute Gasteiger partial charge is 0.340 e. The van der Waals surface area contributed by atoms with E-state index < -0.39 is 0 Å². The molecule has 312 valence electrons. The number of hydrogen-bond donors (Lipinski definition) is 0. The van der Waals surface area contributed by atoms with Gasteiger partial charge in [-0.3, -0.25) is 0 Å². The molecule has 1 heterocycles. The number of hydrogen-bond acceptors (Lipinski definition) is 4. The van der Waals surface area contributed by atoms with Crippen LogP contribution in [0.1, 0.15) is 153 Å². The Morgan fingerprint density at radius 3 is 1.23 bits per heavy atom. The molecular weight excluding hydrogens is 743 g/mol. The first-order valence-corrected chi connectivity index (χ1v) is 23.4. The highest BCUT2D eigenvalue weighted by molar-refractivity contribution is 6.41. The zero-order valence-corrected chi connectivity index (χ0v) is 36.7. The number of aromatic nitrogens is 1. The van der Waals surface area contributed by atoms with Crippen LogP contribution >= 0.6 is 0 Å². The Kier molecular flexibility index (Phi) is 17.0. The van der Waals surface area contributed by atoms with Gasteiger partial charge in [0.1, 0.15) is 35.4 Å². The Balaban J connectivity index is 1.43. The number of nitriles is 4. The second-order valence-electron chi connectivity index (χ2n) is 17.2. The van der Waals surface area contributed by atoms with E-state index in [1.165, 1.54) is 172 Å². The van der Waals surface area contributed by atoms with Crippen molar-refractivity contribution in [3.8, 4) is 24.3 Å². The molecule has 0 aliphatic heterocycles. The van der Waals surface area contributed by atoms with Crippen molar-refractivity contribution in [1.82, 2.24) is 4.57 Å². The van der Waals surface area contributed by atoms with Gasteiger partial charge in [0.05, 0.1) is 11.0 Å². The molecule has 5 aromatic carbocycles. The minimum absolute atomic E-state index is 0.0803.